The Morgan fingerprint density at radius 3 is 2.33 bits per heavy atom. The largest absolute Gasteiger partial charge is 0.471 e. The van der Waals surface area contributed by atoms with Gasteiger partial charge in [0.15, 0.2) is 0 Å². The van der Waals surface area contributed by atoms with Gasteiger partial charge in [-0.25, -0.2) is 13.6 Å². The van der Waals surface area contributed by atoms with Crippen LogP contribution >= 0.6 is 11.5 Å². The second-order valence-electron chi connectivity index (χ2n) is 8.60. The van der Waals surface area contributed by atoms with Crippen LogP contribution in [0.2, 0.25) is 0 Å². The third kappa shape index (κ3) is 9.30. The van der Waals surface area contributed by atoms with Crippen molar-refractivity contribution in [1.29, 1.82) is 0 Å². The molecular formula is C23H33F2N5O5S. The number of nitrogens with one attached hydrogen (secondary N) is 2. The molecule has 2 rings (SSSR count). The Balaban J connectivity index is 1.88. The first-order valence-corrected chi connectivity index (χ1v) is 12.2. The van der Waals surface area contributed by atoms with Gasteiger partial charge in [0, 0.05) is 19.6 Å². The number of carbonyl (C=O) groups excluding carboxylic acids is 2. The fraction of sp³-hybridized carbons (Fsp3) is 0.522. The first-order valence-electron chi connectivity index (χ1n) is 11.5. The fourth-order valence-corrected chi connectivity index (χ4v) is 4.23. The number of hydrogen-bond donors (Lipinski definition) is 5. The Labute approximate surface area is 212 Å². The van der Waals surface area contributed by atoms with Crippen molar-refractivity contribution in [2.45, 2.75) is 52.4 Å². The van der Waals surface area contributed by atoms with Crippen molar-refractivity contribution in [2.24, 2.45) is 5.73 Å². The van der Waals surface area contributed by atoms with Crippen molar-refractivity contribution in [3.05, 3.63) is 40.5 Å². The lowest BCUT2D eigenvalue weighted by atomic mass is 10.1. The lowest BCUT2D eigenvalue weighted by Gasteiger charge is -2.24. The highest BCUT2D eigenvalue weighted by Crippen LogP contribution is 2.31. The molecule has 13 heteroatoms. The molecule has 0 bridgehead atoms. The molecule has 0 saturated heterocycles. The van der Waals surface area contributed by atoms with Gasteiger partial charge in [-0.15, -0.1) is 0 Å². The molecule has 3 amide bonds. The highest BCUT2D eigenvalue weighted by molar-refractivity contribution is 7.11. The van der Waals surface area contributed by atoms with Crippen LogP contribution in [-0.2, 0) is 6.61 Å². The van der Waals surface area contributed by atoms with Crippen molar-refractivity contribution in [3.63, 3.8) is 0 Å². The maximum atomic E-state index is 14.1. The highest BCUT2D eigenvalue weighted by Gasteiger charge is 2.23. The summed E-state index contributed by atoms with van der Waals surface area (Å²) >= 11 is 0.748. The third-order valence-electron chi connectivity index (χ3n) is 5.00. The number of aliphatic hydroxyl groups is 2. The molecule has 0 fully saturated rings. The zero-order chi connectivity index (χ0) is 26.8. The molecule has 0 saturated carbocycles. The van der Waals surface area contributed by atoms with Crippen molar-refractivity contribution in [2.75, 3.05) is 31.5 Å². The van der Waals surface area contributed by atoms with Crippen molar-refractivity contribution < 1.29 is 33.3 Å². The van der Waals surface area contributed by atoms with Crippen LogP contribution in [0.25, 0.3) is 0 Å². The number of aliphatic hydroxyl groups excluding tert-OH is 2. The van der Waals surface area contributed by atoms with Gasteiger partial charge < -0.3 is 26.0 Å². The number of aryl methyl sites for hydroxylation is 1. The summed E-state index contributed by atoms with van der Waals surface area (Å²) in [6, 6.07) is 1.73. The van der Waals surface area contributed by atoms with Gasteiger partial charge in [0.2, 0.25) is 5.88 Å². The second kappa shape index (κ2) is 14.0. The monoisotopic (exact) mass is 529 g/mol. The molecule has 1 aromatic carbocycles. The summed E-state index contributed by atoms with van der Waals surface area (Å²) in [6.07, 6.45) is 0.319. The van der Waals surface area contributed by atoms with Gasteiger partial charge in [0.1, 0.15) is 28.8 Å². The number of primary amides is 1. The van der Waals surface area contributed by atoms with E-state index in [0.29, 0.717) is 38.2 Å². The van der Waals surface area contributed by atoms with Crippen LogP contribution in [0, 0.1) is 18.6 Å². The Morgan fingerprint density at radius 2 is 1.78 bits per heavy atom. The predicted octanol–water partition coefficient (Wildman–Crippen LogP) is 2.37. The first kappa shape index (κ1) is 29.4. The molecule has 0 aliphatic rings. The number of rotatable bonds is 14. The van der Waals surface area contributed by atoms with Gasteiger partial charge in [-0.05, 0) is 69.4 Å². The van der Waals surface area contributed by atoms with Gasteiger partial charge >= 0.3 is 6.03 Å². The maximum absolute atomic E-state index is 14.1. The number of benzene rings is 1. The Hall–Kier alpha value is -2.87. The van der Waals surface area contributed by atoms with E-state index in [1.54, 1.807) is 20.8 Å². The molecule has 6 N–H and O–H groups in total. The summed E-state index contributed by atoms with van der Waals surface area (Å²) in [4.78, 5) is 26.2. The normalized spacial score (nSPS) is 12.9. The number of halogens is 2. The molecule has 0 spiro atoms. The predicted molar refractivity (Wildman–Crippen MR) is 132 cm³/mol. The zero-order valence-electron chi connectivity index (χ0n) is 20.5. The zero-order valence-corrected chi connectivity index (χ0v) is 21.3. The standard InChI is InChI=1S/C23H33F2N5O5S/c1-13-8-17(24)16(18(25)9-13)12-35-21-19(20(26)33)22(36-29-21)28-23(34)27-6-4-5-7-30(10-14(2)31)11-15(3)32/h8-9,14-15,31-32H,4-7,10-12H2,1-3H3,(H2,26,33)(H2,27,28,34). The number of carbonyl (C=O) groups is 2. The first-order chi connectivity index (χ1) is 17.0. The molecule has 10 nitrogen and oxygen atoms in total. The third-order valence-corrected chi connectivity index (χ3v) is 5.75. The van der Waals surface area contributed by atoms with E-state index < -0.39 is 42.4 Å². The Bertz CT molecular complexity index is 1000. The molecule has 200 valence electrons. The van der Waals surface area contributed by atoms with E-state index in [9.17, 15) is 28.6 Å². The van der Waals surface area contributed by atoms with Gasteiger partial charge in [-0.2, -0.15) is 4.37 Å². The van der Waals surface area contributed by atoms with Crippen LogP contribution in [0.15, 0.2) is 12.1 Å². The lowest BCUT2D eigenvalue weighted by Crippen LogP contribution is -2.37. The minimum atomic E-state index is -0.921. The SMILES string of the molecule is Cc1cc(F)c(COc2nsc(NC(=O)NCCCCN(CC(C)O)CC(C)O)c2C(N)=O)c(F)c1. The molecule has 0 aliphatic heterocycles. The van der Waals surface area contributed by atoms with Crippen LogP contribution in [0.3, 0.4) is 0 Å². The van der Waals surface area contributed by atoms with Gasteiger partial charge in [0.05, 0.1) is 17.8 Å². The topological polar surface area (TPSA) is 150 Å². The summed E-state index contributed by atoms with van der Waals surface area (Å²) < 4.78 is 37.4. The molecule has 36 heavy (non-hydrogen) atoms. The number of amides is 3. The molecule has 0 radical (unpaired) electrons. The number of unbranched alkanes of at least 4 members (excludes halogenated alkanes) is 1. The van der Waals surface area contributed by atoms with E-state index >= 15 is 0 Å². The van der Waals surface area contributed by atoms with E-state index in [2.05, 4.69) is 15.0 Å². The average molecular weight is 530 g/mol. The number of nitrogens with two attached hydrogens (primary N) is 1. The number of ether oxygens (including phenoxy) is 1. The molecule has 1 heterocycles. The van der Waals surface area contributed by atoms with Gasteiger partial charge in [0.25, 0.3) is 5.91 Å². The van der Waals surface area contributed by atoms with Crippen molar-refractivity contribution >= 4 is 28.5 Å². The number of hydrogen-bond acceptors (Lipinski definition) is 8. The summed E-state index contributed by atoms with van der Waals surface area (Å²) in [6.45, 7) is 6.24. The fourth-order valence-electron chi connectivity index (χ4n) is 3.50. The lowest BCUT2D eigenvalue weighted by molar-refractivity contribution is 0.0826. The van der Waals surface area contributed by atoms with E-state index in [0.717, 1.165) is 30.1 Å². The molecule has 2 atom stereocenters. The van der Waals surface area contributed by atoms with Crippen LogP contribution in [0.5, 0.6) is 5.88 Å². The summed E-state index contributed by atoms with van der Waals surface area (Å²) in [5.41, 5.74) is 5.30. The van der Waals surface area contributed by atoms with E-state index in [-0.39, 0.29) is 22.0 Å². The van der Waals surface area contributed by atoms with Crippen molar-refractivity contribution in [3.8, 4) is 5.88 Å². The number of nitrogens with zero attached hydrogens (tertiary/aromatic N) is 2. The van der Waals surface area contributed by atoms with E-state index in [1.807, 2.05) is 4.90 Å². The van der Waals surface area contributed by atoms with Crippen molar-refractivity contribution in [1.82, 2.24) is 14.6 Å². The molecule has 2 unspecified atom stereocenters. The van der Waals surface area contributed by atoms with Crippen LogP contribution in [0.1, 0.15) is 48.2 Å². The van der Waals surface area contributed by atoms with E-state index in [4.69, 9.17) is 10.5 Å². The number of anilines is 1. The van der Waals surface area contributed by atoms with Gasteiger partial charge in [-0.3, -0.25) is 15.0 Å². The summed E-state index contributed by atoms with van der Waals surface area (Å²) in [7, 11) is 0. The molecular weight excluding hydrogens is 496 g/mol. The minimum Gasteiger partial charge on any atom is -0.471 e. The summed E-state index contributed by atoms with van der Waals surface area (Å²) in [5.74, 6) is -2.74. The second-order valence-corrected chi connectivity index (χ2v) is 9.37. The molecule has 2 aromatic rings. The Morgan fingerprint density at radius 1 is 1.17 bits per heavy atom. The van der Waals surface area contributed by atoms with Crippen LogP contribution in [-0.4, -0.2) is 69.8 Å². The Kier molecular flexibility index (Phi) is 11.4. The van der Waals surface area contributed by atoms with E-state index in [1.165, 1.54) is 0 Å². The molecule has 0 aliphatic carbocycles. The quantitative estimate of drug-likeness (QED) is 0.236. The maximum Gasteiger partial charge on any atom is 0.319 e. The van der Waals surface area contributed by atoms with Crippen LogP contribution in [0.4, 0.5) is 18.6 Å². The van der Waals surface area contributed by atoms with Crippen LogP contribution < -0.4 is 21.1 Å². The summed E-state index contributed by atoms with van der Waals surface area (Å²) in [5, 5.41) is 24.3. The highest BCUT2D eigenvalue weighted by atomic mass is 32.1. The number of aromatic nitrogens is 1. The average Bonchev–Trinajstić information content (AvgIpc) is 3.14. The molecule has 1 aromatic heterocycles. The minimum absolute atomic E-state index is 0.0416. The van der Waals surface area contributed by atoms with Gasteiger partial charge in [-0.1, -0.05) is 0 Å². The number of urea groups is 1. The smallest absolute Gasteiger partial charge is 0.319 e.